The van der Waals surface area contributed by atoms with Crippen molar-refractivity contribution in [1.82, 2.24) is 10.3 Å². The second-order valence-corrected chi connectivity index (χ2v) is 6.14. The Hall–Kier alpha value is -1.00. The molecule has 3 unspecified atom stereocenters. The van der Waals surface area contributed by atoms with Gasteiger partial charge in [0.15, 0.2) is 0 Å². The molecule has 1 fully saturated rings. The summed E-state index contributed by atoms with van der Waals surface area (Å²) < 4.78 is 13.0. The lowest BCUT2D eigenvalue weighted by molar-refractivity contribution is 0.0669. The molecule has 1 heterocycles. The standard InChI is InChI=1S/C16H25FN2O/c1-11(2)16(14-8-7-13(17)10-18-14)19-9-12-5-3-4-6-15(12)20/h7-8,10-12,15-16,19-20H,3-6,9H2,1-2H3. The van der Waals surface area contributed by atoms with Gasteiger partial charge in [-0.25, -0.2) is 4.39 Å². The Balaban J connectivity index is 1.97. The first-order valence-corrected chi connectivity index (χ1v) is 7.61. The molecule has 1 aromatic heterocycles. The molecule has 1 aromatic rings. The van der Waals surface area contributed by atoms with E-state index in [0.29, 0.717) is 11.8 Å². The maximum Gasteiger partial charge on any atom is 0.141 e. The molecule has 1 aliphatic carbocycles. The van der Waals surface area contributed by atoms with Crippen molar-refractivity contribution >= 4 is 0 Å². The highest BCUT2D eigenvalue weighted by Gasteiger charge is 2.25. The molecule has 20 heavy (non-hydrogen) atoms. The van der Waals surface area contributed by atoms with Crippen LogP contribution < -0.4 is 5.32 Å². The summed E-state index contributed by atoms with van der Waals surface area (Å²) in [5.74, 6) is 0.387. The molecular formula is C16H25FN2O. The van der Waals surface area contributed by atoms with Crippen molar-refractivity contribution in [1.29, 1.82) is 0 Å². The lowest BCUT2D eigenvalue weighted by atomic mass is 9.86. The van der Waals surface area contributed by atoms with E-state index in [2.05, 4.69) is 24.1 Å². The molecule has 0 saturated heterocycles. The van der Waals surface area contributed by atoms with Crippen LogP contribution in [-0.2, 0) is 0 Å². The summed E-state index contributed by atoms with van der Waals surface area (Å²) in [6.45, 7) is 5.04. The van der Waals surface area contributed by atoms with E-state index in [9.17, 15) is 9.50 Å². The number of hydrogen-bond acceptors (Lipinski definition) is 3. The van der Waals surface area contributed by atoms with Crippen molar-refractivity contribution < 1.29 is 9.50 Å². The van der Waals surface area contributed by atoms with Crippen molar-refractivity contribution in [2.45, 2.75) is 51.7 Å². The van der Waals surface area contributed by atoms with Crippen LogP contribution in [0.25, 0.3) is 0 Å². The Kier molecular flexibility index (Phi) is 5.49. The van der Waals surface area contributed by atoms with Gasteiger partial charge in [0.05, 0.1) is 24.0 Å². The van der Waals surface area contributed by atoms with Crippen LogP contribution in [0.4, 0.5) is 4.39 Å². The minimum absolute atomic E-state index is 0.102. The van der Waals surface area contributed by atoms with Crippen LogP contribution >= 0.6 is 0 Å². The summed E-state index contributed by atoms with van der Waals surface area (Å²) in [5.41, 5.74) is 0.867. The molecule has 0 spiro atoms. The van der Waals surface area contributed by atoms with Gasteiger partial charge in [0, 0.05) is 6.54 Å². The summed E-state index contributed by atoms with van der Waals surface area (Å²) in [6, 6.07) is 3.30. The molecular weight excluding hydrogens is 255 g/mol. The van der Waals surface area contributed by atoms with Crippen molar-refractivity contribution in [3.63, 3.8) is 0 Å². The van der Waals surface area contributed by atoms with E-state index in [1.54, 1.807) is 6.07 Å². The second kappa shape index (κ2) is 7.14. The molecule has 1 saturated carbocycles. The van der Waals surface area contributed by atoms with E-state index in [4.69, 9.17) is 0 Å². The number of hydrogen-bond donors (Lipinski definition) is 2. The monoisotopic (exact) mass is 280 g/mol. The third kappa shape index (κ3) is 4.00. The molecule has 0 aliphatic heterocycles. The fourth-order valence-corrected chi connectivity index (χ4v) is 2.96. The number of pyridine rings is 1. The predicted octanol–water partition coefficient (Wildman–Crippen LogP) is 3.06. The quantitative estimate of drug-likeness (QED) is 0.871. The van der Waals surface area contributed by atoms with Gasteiger partial charge in [-0.2, -0.15) is 0 Å². The number of aliphatic hydroxyl groups excluding tert-OH is 1. The third-order valence-corrected chi connectivity index (χ3v) is 4.20. The van der Waals surface area contributed by atoms with Gasteiger partial charge in [-0.1, -0.05) is 26.7 Å². The maximum atomic E-state index is 13.0. The van der Waals surface area contributed by atoms with E-state index in [-0.39, 0.29) is 18.0 Å². The first kappa shape index (κ1) is 15.4. The number of nitrogens with zero attached hydrogens (tertiary/aromatic N) is 1. The summed E-state index contributed by atoms with van der Waals surface area (Å²) in [4.78, 5) is 4.18. The van der Waals surface area contributed by atoms with Gasteiger partial charge in [0.2, 0.25) is 0 Å². The van der Waals surface area contributed by atoms with Gasteiger partial charge >= 0.3 is 0 Å². The van der Waals surface area contributed by atoms with E-state index in [1.165, 1.54) is 18.7 Å². The Morgan fingerprint density at radius 1 is 1.35 bits per heavy atom. The first-order chi connectivity index (χ1) is 9.58. The average molecular weight is 280 g/mol. The largest absolute Gasteiger partial charge is 0.393 e. The summed E-state index contributed by atoms with van der Waals surface area (Å²) >= 11 is 0. The number of rotatable bonds is 5. The summed E-state index contributed by atoms with van der Waals surface area (Å²) in [6.07, 6.45) is 5.39. The van der Waals surface area contributed by atoms with E-state index in [0.717, 1.165) is 31.5 Å². The highest BCUT2D eigenvalue weighted by atomic mass is 19.1. The number of nitrogens with one attached hydrogen (secondary N) is 1. The normalized spacial score (nSPS) is 24.9. The summed E-state index contributed by atoms with van der Waals surface area (Å²) in [5, 5.41) is 13.5. The van der Waals surface area contributed by atoms with Crippen LogP contribution in [0.2, 0.25) is 0 Å². The minimum atomic E-state index is -0.307. The lowest BCUT2D eigenvalue weighted by Crippen LogP contribution is -2.37. The van der Waals surface area contributed by atoms with Crippen LogP contribution in [0.5, 0.6) is 0 Å². The van der Waals surface area contributed by atoms with Gasteiger partial charge in [0.1, 0.15) is 5.82 Å². The van der Waals surface area contributed by atoms with Gasteiger partial charge in [-0.15, -0.1) is 0 Å². The van der Waals surface area contributed by atoms with Crippen LogP contribution in [0.3, 0.4) is 0 Å². The van der Waals surface area contributed by atoms with Crippen LogP contribution in [0, 0.1) is 17.7 Å². The molecule has 2 N–H and O–H groups in total. The third-order valence-electron chi connectivity index (χ3n) is 4.20. The number of aliphatic hydroxyl groups is 1. The zero-order chi connectivity index (χ0) is 14.5. The molecule has 0 amide bonds. The Bertz CT molecular complexity index is 407. The first-order valence-electron chi connectivity index (χ1n) is 7.61. The fourth-order valence-electron chi connectivity index (χ4n) is 2.96. The van der Waals surface area contributed by atoms with Gasteiger partial charge in [-0.3, -0.25) is 4.98 Å². The zero-order valence-electron chi connectivity index (χ0n) is 12.3. The Morgan fingerprint density at radius 3 is 2.70 bits per heavy atom. The van der Waals surface area contributed by atoms with Crippen molar-refractivity contribution in [2.75, 3.05) is 6.54 Å². The maximum absolute atomic E-state index is 13.0. The highest BCUT2D eigenvalue weighted by molar-refractivity contribution is 5.10. The molecule has 4 heteroatoms. The highest BCUT2D eigenvalue weighted by Crippen LogP contribution is 2.26. The minimum Gasteiger partial charge on any atom is -0.393 e. The van der Waals surface area contributed by atoms with Crippen molar-refractivity contribution in [2.24, 2.45) is 11.8 Å². The van der Waals surface area contributed by atoms with Gasteiger partial charge < -0.3 is 10.4 Å². The number of halogens is 1. The van der Waals surface area contributed by atoms with Crippen molar-refractivity contribution in [3.05, 3.63) is 29.8 Å². The van der Waals surface area contributed by atoms with E-state index in [1.807, 2.05) is 0 Å². The van der Waals surface area contributed by atoms with E-state index >= 15 is 0 Å². The predicted molar refractivity (Wildman–Crippen MR) is 77.7 cm³/mol. The molecule has 112 valence electrons. The Morgan fingerprint density at radius 2 is 2.10 bits per heavy atom. The van der Waals surface area contributed by atoms with Gasteiger partial charge in [0.25, 0.3) is 0 Å². The fraction of sp³-hybridized carbons (Fsp3) is 0.688. The molecule has 3 atom stereocenters. The second-order valence-electron chi connectivity index (χ2n) is 6.14. The zero-order valence-corrected chi connectivity index (χ0v) is 12.3. The molecule has 0 radical (unpaired) electrons. The van der Waals surface area contributed by atoms with Crippen molar-refractivity contribution in [3.8, 4) is 0 Å². The number of aromatic nitrogens is 1. The topological polar surface area (TPSA) is 45.1 Å². The average Bonchev–Trinajstić information content (AvgIpc) is 2.42. The van der Waals surface area contributed by atoms with Gasteiger partial charge in [-0.05, 0) is 36.8 Å². The lowest BCUT2D eigenvalue weighted by Gasteiger charge is -2.30. The Labute approximate surface area is 120 Å². The molecule has 2 rings (SSSR count). The molecule has 3 nitrogen and oxygen atoms in total. The van der Waals surface area contributed by atoms with E-state index < -0.39 is 0 Å². The van der Waals surface area contributed by atoms with Crippen LogP contribution in [-0.4, -0.2) is 22.7 Å². The smallest absolute Gasteiger partial charge is 0.141 e. The summed E-state index contributed by atoms with van der Waals surface area (Å²) in [7, 11) is 0. The SMILES string of the molecule is CC(C)C(NCC1CCCCC1O)c1ccc(F)cn1. The van der Waals surface area contributed by atoms with Crippen LogP contribution in [0.1, 0.15) is 51.3 Å². The molecule has 0 aromatic carbocycles. The molecule has 0 bridgehead atoms. The molecule has 1 aliphatic rings. The van der Waals surface area contributed by atoms with Crippen LogP contribution in [0.15, 0.2) is 18.3 Å².